The van der Waals surface area contributed by atoms with Crippen molar-refractivity contribution in [1.82, 2.24) is 23.8 Å². The number of hydrogen-bond donors (Lipinski definition) is 1. The molecule has 2 aromatic rings. The first-order valence-electron chi connectivity index (χ1n) is 5.36. The minimum Gasteiger partial charge on any atom is -0.347 e. The lowest BCUT2D eigenvalue weighted by atomic mass is 10.5. The molecule has 2 rings (SSSR count). The van der Waals surface area contributed by atoms with E-state index in [-0.39, 0.29) is 6.54 Å². The van der Waals surface area contributed by atoms with E-state index in [0.717, 1.165) is 5.82 Å². The Morgan fingerprint density at radius 3 is 2.78 bits per heavy atom. The Balaban J connectivity index is 2.13. The molecule has 8 heteroatoms. The van der Waals surface area contributed by atoms with E-state index < -0.39 is 10.0 Å². The zero-order valence-electron chi connectivity index (χ0n) is 10.2. The first-order chi connectivity index (χ1) is 8.47. The summed E-state index contributed by atoms with van der Waals surface area (Å²) in [4.78, 5) is 11.3. The molecule has 0 atom stereocenters. The molecular formula is C10H15N5O2S. The van der Waals surface area contributed by atoms with E-state index >= 15 is 0 Å². The van der Waals surface area contributed by atoms with Gasteiger partial charge in [0.15, 0.2) is 0 Å². The van der Waals surface area contributed by atoms with Crippen LogP contribution in [0.3, 0.4) is 0 Å². The SMILES string of the molecule is CN(Cc1nccn1Cc1ncc[nH]1)S(C)(=O)=O. The van der Waals surface area contributed by atoms with Crippen molar-refractivity contribution in [3.05, 3.63) is 36.4 Å². The van der Waals surface area contributed by atoms with Crippen molar-refractivity contribution < 1.29 is 8.42 Å². The summed E-state index contributed by atoms with van der Waals surface area (Å²) in [5, 5.41) is 0. The van der Waals surface area contributed by atoms with Crippen molar-refractivity contribution >= 4 is 10.0 Å². The normalized spacial score (nSPS) is 12.2. The highest BCUT2D eigenvalue weighted by atomic mass is 32.2. The third kappa shape index (κ3) is 2.96. The van der Waals surface area contributed by atoms with Gasteiger partial charge in [-0.3, -0.25) is 0 Å². The van der Waals surface area contributed by atoms with E-state index in [1.165, 1.54) is 17.6 Å². The number of rotatable bonds is 5. The van der Waals surface area contributed by atoms with Crippen LogP contribution in [0.15, 0.2) is 24.8 Å². The van der Waals surface area contributed by atoms with E-state index in [1.807, 2.05) is 4.57 Å². The number of hydrogen-bond acceptors (Lipinski definition) is 4. The van der Waals surface area contributed by atoms with Crippen LogP contribution in [-0.2, 0) is 23.1 Å². The predicted molar refractivity (Wildman–Crippen MR) is 66.2 cm³/mol. The number of nitrogens with one attached hydrogen (secondary N) is 1. The van der Waals surface area contributed by atoms with Gasteiger partial charge in [0.25, 0.3) is 0 Å². The lowest BCUT2D eigenvalue weighted by Crippen LogP contribution is -2.26. The molecule has 1 N–H and O–H groups in total. The van der Waals surface area contributed by atoms with Gasteiger partial charge in [0, 0.05) is 31.8 Å². The fourth-order valence-corrected chi connectivity index (χ4v) is 1.85. The van der Waals surface area contributed by atoms with E-state index in [9.17, 15) is 8.42 Å². The topological polar surface area (TPSA) is 83.9 Å². The van der Waals surface area contributed by atoms with Gasteiger partial charge in [-0.25, -0.2) is 18.4 Å². The summed E-state index contributed by atoms with van der Waals surface area (Å²) >= 11 is 0. The molecule has 0 amide bonds. The average Bonchev–Trinajstić information content (AvgIpc) is 2.90. The summed E-state index contributed by atoms with van der Waals surface area (Å²) in [5.74, 6) is 1.48. The third-order valence-electron chi connectivity index (χ3n) is 2.61. The molecule has 2 heterocycles. The van der Waals surface area contributed by atoms with Gasteiger partial charge in [0.05, 0.1) is 19.3 Å². The van der Waals surface area contributed by atoms with Gasteiger partial charge in [-0.15, -0.1) is 0 Å². The lowest BCUT2D eigenvalue weighted by molar-refractivity contribution is 0.452. The Kier molecular flexibility index (Phi) is 3.48. The number of imidazole rings is 2. The molecule has 0 unspecified atom stereocenters. The Bertz CT molecular complexity index is 602. The highest BCUT2D eigenvalue weighted by Crippen LogP contribution is 2.06. The Labute approximate surface area is 106 Å². The Morgan fingerprint density at radius 1 is 1.39 bits per heavy atom. The number of sulfonamides is 1. The van der Waals surface area contributed by atoms with Crippen LogP contribution < -0.4 is 0 Å². The number of aromatic nitrogens is 4. The molecule has 0 aliphatic carbocycles. The summed E-state index contributed by atoms with van der Waals surface area (Å²) in [6.45, 7) is 0.784. The molecule has 98 valence electrons. The molecule has 0 radical (unpaired) electrons. The van der Waals surface area contributed by atoms with Crippen LogP contribution in [0.5, 0.6) is 0 Å². The van der Waals surface area contributed by atoms with Crippen molar-refractivity contribution in [3.8, 4) is 0 Å². The second-order valence-electron chi connectivity index (χ2n) is 4.03. The maximum absolute atomic E-state index is 11.4. The monoisotopic (exact) mass is 269 g/mol. The molecule has 7 nitrogen and oxygen atoms in total. The molecule has 0 spiro atoms. The fourth-order valence-electron chi connectivity index (χ4n) is 1.50. The van der Waals surface area contributed by atoms with Crippen LogP contribution >= 0.6 is 0 Å². The highest BCUT2D eigenvalue weighted by Gasteiger charge is 2.14. The van der Waals surface area contributed by atoms with E-state index in [0.29, 0.717) is 12.4 Å². The standard InChI is InChI=1S/C10H15N5O2S/c1-14(18(2,16)17)8-10-13-5-6-15(10)7-9-11-3-4-12-9/h3-6H,7-8H2,1-2H3,(H,11,12). The number of aromatic amines is 1. The molecule has 2 aromatic heterocycles. The average molecular weight is 269 g/mol. The molecule has 0 aliphatic rings. The largest absolute Gasteiger partial charge is 0.347 e. The van der Waals surface area contributed by atoms with Crippen LogP contribution in [-0.4, -0.2) is 45.5 Å². The van der Waals surface area contributed by atoms with Gasteiger partial charge in [-0.1, -0.05) is 0 Å². The second-order valence-corrected chi connectivity index (χ2v) is 6.12. The fraction of sp³-hybridized carbons (Fsp3) is 0.400. The summed E-state index contributed by atoms with van der Waals surface area (Å²) in [6, 6.07) is 0. The summed E-state index contributed by atoms with van der Waals surface area (Å²) in [6.07, 6.45) is 8.04. The van der Waals surface area contributed by atoms with Gasteiger partial charge in [-0.2, -0.15) is 4.31 Å². The summed E-state index contributed by atoms with van der Waals surface area (Å²) in [7, 11) is -1.67. The molecule has 0 saturated carbocycles. The van der Waals surface area contributed by atoms with Gasteiger partial charge in [0.1, 0.15) is 11.6 Å². The number of H-pyrrole nitrogens is 1. The molecular weight excluding hydrogens is 254 g/mol. The quantitative estimate of drug-likeness (QED) is 0.831. The van der Waals surface area contributed by atoms with E-state index in [1.54, 1.807) is 24.8 Å². The molecule has 0 fully saturated rings. The smallest absolute Gasteiger partial charge is 0.211 e. The Morgan fingerprint density at radius 2 is 2.17 bits per heavy atom. The predicted octanol–water partition coefficient (Wildman–Crippen LogP) is 0.0459. The van der Waals surface area contributed by atoms with Crippen LogP contribution in [0, 0.1) is 0 Å². The molecule has 0 bridgehead atoms. The van der Waals surface area contributed by atoms with Crippen molar-refractivity contribution in [1.29, 1.82) is 0 Å². The van der Waals surface area contributed by atoms with Crippen molar-refractivity contribution in [2.75, 3.05) is 13.3 Å². The first kappa shape index (κ1) is 12.8. The van der Waals surface area contributed by atoms with Crippen molar-refractivity contribution in [3.63, 3.8) is 0 Å². The highest BCUT2D eigenvalue weighted by molar-refractivity contribution is 7.88. The maximum Gasteiger partial charge on any atom is 0.211 e. The van der Waals surface area contributed by atoms with Gasteiger partial charge in [-0.05, 0) is 0 Å². The van der Waals surface area contributed by atoms with E-state index in [4.69, 9.17) is 0 Å². The number of nitrogens with zero attached hydrogens (tertiary/aromatic N) is 4. The third-order valence-corrected chi connectivity index (χ3v) is 3.87. The minimum atomic E-state index is -3.20. The zero-order chi connectivity index (χ0) is 13.2. The van der Waals surface area contributed by atoms with E-state index in [2.05, 4.69) is 15.0 Å². The van der Waals surface area contributed by atoms with Gasteiger partial charge < -0.3 is 9.55 Å². The zero-order valence-corrected chi connectivity index (χ0v) is 11.1. The molecule has 0 aliphatic heterocycles. The minimum absolute atomic E-state index is 0.243. The van der Waals surface area contributed by atoms with Crippen LogP contribution in [0.2, 0.25) is 0 Å². The van der Waals surface area contributed by atoms with Crippen LogP contribution in [0.1, 0.15) is 11.6 Å². The summed E-state index contributed by atoms with van der Waals surface area (Å²) in [5.41, 5.74) is 0. The van der Waals surface area contributed by atoms with Crippen molar-refractivity contribution in [2.45, 2.75) is 13.1 Å². The van der Waals surface area contributed by atoms with Gasteiger partial charge >= 0.3 is 0 Å². The van der Waals surface area contributed by atoms with Crippen LogP contribution in [0.25, 0.3) is 0 Å². The second kappa shape index (κ2) is 4.91. The first-order valence-corrected chi connectivity index (χ1v) is 7.21. The Hall–Kier alpha value is -1.67. The van der Waals surface area contributed by atoms with Gasteiger partial charge in [0.2, 0.25) is 10.0 Å². The maximum atomic E-state index is 11.4. The summed E-state index contributed by atoms with van der Waals surface area (Å²) < 4.78 is 25.8. The molecule has 0 aromatic carbocycles. The van der Waals surface area contributed by atoms with Crippen molar-refractivity contribution in [2.24, 2.45) is 0 Å². The lowest BCUT2D eigenvalue weighted by Gasteiger charge is -2.14. The molecule has 18 heavy (non-hydrogen) atoms. The molecule has 0 saturated heterocycles. The van der Waals surface area contributed by atoms with Crippen LogP contribution in [0.4, 0.5) is 0 Å².